The summed E-state index contributed by atoms with van der Waals surface area (Å²) in [6, 6.07) is 11.9. The highest BCUT2D eigenvalue weighted by Crippen LogP contribution is 2.33. The second kappa shape index (κ2) is 4.35. The summed E-state index contributed by atoms with van der Waals surface area (Å²) < 4.78 is 11.2. The fraction of sp³-hybridized carbons (Fsp3) is 0.0625. The molecule has 0 saturated heterocycles. The molecular weight excluding hydrogens is 270 g/mol. The Labute approximate surface area is 119 Å². The predicted molar refractivity (Wildman–Crippen MR) is 79.8 cm³/mol. The zero-order valence-corrected chi connectivity index (χ0v) is 11.6. The van der Waals surface area contributed by atoms with Crippen molar-refractivity contribution < 1.29 is 8.83 Å². The van der Waals surface area contributed by atoms with Gasteiger partial charge < -0.3 is 8.83 Å². The molecule has 0 N–H and O–H groups in total. The van der Waals surface area contributed by atoms with Crippen LogP contribution in [0.5, 0.6) is 0 Å². The molecule has 0 amide bonds. The van der Waals surface area contributed by atoms with Crippen LogP contribution in [0.15, 0.2) is 56.9 Å². The van der Waals surface area contributed by atoms with Crippen molar-refractivity contribution in [1.29, 1.82) is 0 Å². The Morgan fingerprint density at radius 2 is 2.05 bits per heavy atom. The van der Waals surface area contributed by atoms with Gasteiger partial charge in [0.05, 0.1) is 6.26 Å². The maximum atomic E-state index is 5.88. The Kier molecular flexibility index (Phi) is 2.50. The maximum Gasteiger partial charge on any atom is 0.162 e. The van der Waals surface area contributed by atoms with E-state index in [0.717, 1.165) is 33.2 Å². The van der Waals surface area contributed by atoms with E-state index < -0.39 is 0 Å². The number of nitrogens with zero attached hydrogens (tertiary/aromatic N) is 1. The molecule has 0 fully saturated rings. The predicted octanol–water partition coefficient (Wildman–Crippen LogP) is 5.12. The standard InChI is InChI=1S/C16H11NO2S/c1-10-4-2-5-13-11(10)8-15(19-13)12-9-20-16(17-12)14-6-3-7-18-14/h2-9H,1H3. The molecule has 0 aliphatic rings. The van der Waals surface area contributed by atoms with Gasteiger partial charge in [-0.15, -0.1) is 11.3 Å². The fourth-order valence-electron chi connectivity index (χ4n) is 2.23. The lowest BCUT2D eigenvalue weighted by Gasteiger charge is -1.90. The Morgan fingerprint density at radius 3 is 2.85 bits per heavy atom. The van der Waals surface area contributed by atoms with E-state index in [1.54, 1.807) is 17.6 Å². The zero-order chi connectivity index (χ0) is 13.5. The van der Waals surface area contributed by atoms with Crippen LogP contribution in [0, 0.1) is 6.92 Å². The van der Waals surface area contributed by atoms with Crippen molar-refractivity contribution >= 4 is 22.3 Å². The topological polar surface area (TPSA) is 39.2 Å². The van der Waals surface area contributed by atoms with Crippen LogP contribution < -0.4 is 0 Å². The van der Waals surface area contributed by atoms with E-state index in [0.29, 0.717) is 0 Å². The van der Waals surface area contributed by atoms with Gasteiger partial charge in [-0.25, -0.2) is 4.98 Å². The number of aryl methyl sites for hydroxylation is 1. The van der Waals surface area contributed by atoms with Crippen LogP contribution in [0.3, 0.4) is 0 Å². The molecule has 3 aromatic heterocycles. The minimum atomic E-state index is 0.786. The Morgan fingerprint density at radius 1 is 1.10 bits per heavy atom. The van der Waals surface area contributed by atoms with Gasteiger partial charge in [0.15, 0.2) is 16.5 Å². The second-order valence-corrected chi connectivity index (χ2v) is 5.47. The molecule has 0 aliphatic carbocycles. The van der Waals surface area contributed by atoms with E-state index in [2.05, 4.69) is 18.0 Å². The summed E-state index contributed by atoms with van der Waals surface area (Å²) in [4.78, 5) is 4.58. The molecule has 0 aliphatic heterocycles. The molecule has 20 heavy (non-hydrogen) atoms. The SMILES string of the molecule is Cc1cccc2oc(-c3csc(-c4ccco4)n3)cc12. The molecule has 4 rings (SSSR count). The first-order valence-corrected chi connectivity index (χ1v) is 7.18. The Hall–Kier alpha value is -2.33. The minimum absolute atomic E-state index is 0.786. The van der Waals surface area contributed by atoms with Crippen molar-refractivity contribution in [3.63, 3.8) is 0 Å². The van der Waals surface area contributed by atoms with Gasteiger partial charge in [-0.05, 0) is 36.8 Å². The van der Waals surface area contributed by atoms with Crippen LogP contribution in [-0.4, -0.2) is 4.98 Å². The number of rotatable bonds is 2. The highest BCUT2D eigenvalue weighted by atomic mass is 32.1. The minimum Gasteiger partial charge on any atom is -0.462 e. The van der Waals surface area contributed by atoms with Crippen molar-refractivity contribution in [3.8, 4) is 22.2 Å². The lowest BCUT2D eigenvalue weighted by molar-refractivity contribution is 0.581. The third-order valence-electron chi connectivity index (χ3n) is 3.27. The molecule has 4 aromatic rings. The fourth-order valence-corrected chi connectivity index (χ4v) is 3.01. The third-order valence-corrected chi connectivity index (χ3v) is 4.12. The summed E-state index contributed by atoms with van der Waals surface area (Å²) in [6.07, 6.45) is 1.65. The molecule has 98 valence electrons. The van der Waals surface area contributed by atoms with Crippen molar-refractivity contribution in [2.24, 2.45) is 0 Å². The molecule has 0 radical (unpaired) electrons. The van der Waals surface area contributed by atoms with Gasteiger partial charge in [0, 0.05) is 10.8 Å². The number of hydrogen-bond acceptors (Lipinski definition) is 4. The van der Waals surface area contributed by atoms with Crippen molar-refractivity contribution in [2.45, 2.75) is 6.92 Å². The summed E-state index contributed by atoms with van der Waals surface area (Å²) >= 11 is 1.55. The van der Waals surface area contributed by atoms with Gasteiger partial charge in [-0.1, -0.05) is 12.1 Å². The highest BCUT2D eigenvalue weighted by molar-refractivity contribution is 7.13. The van der Waals surface area contributed by atoms with Crippen LogP contribution in [-0.2, 0) is 0 Å². The quantitative estimate of drug-likeness (QED) is 0.511. The van der Waals surface area contributed by atoms with Gasteiger partial charge in [-0.2, -0.15) is 0 Å². The summed E-state index contributed by atoms with van der Waals surface area (Å²) in [7, 11) is 0. The molecular formula is C16H11NO2S. The van der Waals surface area contributed by atoms with Gasteiger partial charge in [0.25, 0.3) is 0 Å². The van der Waals surface area contributed by atoms with E-state index in [9.17, 15) is 0 Å². The average Bonchev–Trinajstić information content (AvgIpc) is 3.18. The van der Waals surface area contributed by atoms with Crippen LogP contribution in [0.25, 0.3) is 33.2 Å². The third kappa shape index (κ3) is 1.77. The molecule has 4 heteroatoms. The van der Waals surface area contributed by atoms with Crippen molar-refractivity contribution in [3.05, 3.63) is 53.6 Å². The van der Waals surface area contributed by atoms with Crippen molar-refractivity contribution in [1.82, 2.24) is 4.98 Å². The first-order chi connectivity index (χ1) is 9.81. The molecule has 0 atom stereocenters. The van der Waals surface area contributed by atoms with Crippen LogP contribution in [0.1, 0.15) is 5.56 Å². The molecule has 0 bridgehead atoms. The Bertz CT molecular complexity index is 871. The molecule has 3 nitrogen and oxygen atoms in total. The van der Waals surface area contributed by atoms with E-state index in [1.165, 1.54) is 5.56 Å². The molecule has 0 unspecified atom stereocenters. The highest BCUT2D eigenvalue weighted by Gasteiger charge is 2.13. The van der Waals surface area contributed by atoms with Crippen LogP contribution in [0.4, 0.5) is 0 Å². The van der Waals surface area contributed by atoms with Gasteiger partial charge in [-0.3, -0.25) is 0 Å². The maximum absolute atomic E-state index is 5.88. The molecule has 0 spiro atoms. The van der Waals surface area contributed by atoms with Gasteiger partial charge in [0.2, 0.25) is 0 Å². The number of aromatic nitrogens is 1. The molecule has 3 heterocycles. The largest absolute Gasteiger partial charge is 0.462 e. The number of fused-ring (bicyclic) bond motifs is 1. The van der Waals surface area contributed by atoms with E-state index >= 15 is 0 Å². The van der Waals surface area contributed by atoms with E-state index in [-0.39, 0.29) is 0 Å². The number of thiazole rings is 1. The lowest BCUT2D eigenvalue weighted by atomic mass is 10.1. The lowest BCUT2D eigenvalue weighted by Crippen LogP contribution is -1.74. The second-order valence-electron chi connectivity index (χ2n) is 4.61. The normalized spacial score (nSPS) is 11.2. The summed E-state index contributed by atoms with van der Waals surface area (Å²) in [5.41, 5.74) is 2.95. The van der Waals surface area contributed by atoms with Gasteiger partial charge >= 0.3 is 0 Å². The smallest absolute Gasteiger partial charge is 0.162 e. The molecule has 0 saturated carbocycles. The number of benzene rings is 1. The zero-order valence-electron chi connectivity index (χ0n) is 10.8. The summed E-state index contributed by atoms with van der Waals surface area (Å²) in [6.45, 7) is 2.08. The summed E-state index contributed by atoms with van der Waals surface area (Å²) in [5, 5.41) is 3.99. The monoisotopic (exact) mass is 281 g/mol. The average molecular weight is 281 g/mol. The number of hydrogen-bond donors (Lipinski definition) is 0. The first kappa shape index (κ1) is 11.5. The first-order valence-electron chi connectivity index (χ1n) is 6.30. The number of furan rings is 2. The van der Waals surface area contributed by atoms with Crippen molar-refractivity contribution in [2.75, 3.05) is 0 Å². The Balaban J connectivity index is 1.81. The summed E-state index contributed by atoms with van der Waals surface area (Å²) in [5.74, 6) is 1.58. The van der Waals surface area contributed by atoms with Crippen LogP contribution in [0.2, 0.25) is 0 Å². The van der Waals surface area contributed by atoms with Gasteiger partial charge in [0.1, 0.15) is 11.3 Å². The van der Waals surface area contributed by atoms with E-state index in [4.69, 9.17) is 8.83 Å². The van der Waals surface area contributed by atoms with E-state index in [1.807, 2.05) is 35.7 Å². The molecule has 1 aromatic carbocycles. The van der Waals surface area contributed by atoms with Crippen LogP contribution >= 0.6 is 11.3 Å².